The molecule has 1 aliphatic heterocycles. The Morgan fingerprint density at radius 3 is 2.10 bits per heavy atom. The molecule has 0 saturated carbocycles. The molecule has 1 unspecified atom stereocenters. The van der Waals surface area contributed by atoms with Crippen LogP contribution >= 0.6 is 15.9 Å². The average molecular weight is 482 g/mol. The molecule has 30 heavy (non-hydrogen) atoms. The second-order valence-electron chi connectivity index (χ2n) is 7.11. The maximum Gasteiger partial charge on any atom is 0.172 e. The van der Waals surface area contributed by atoms with E-state index in [1.54, 1.807) is 0 Å². The normalized spacial score (nSPS) is 18.7. The van der Waals surface area contributed by atoms with Crippen molar-refractivity contribution in [3.8, 4) is 0 Å². The first-order valence-corrected chi connectivity index (χ1v) is 10.1. The highest BCUT2D eigenvalue weighted by Gasteiger charge is 2.40. The summed E-state index contributed by atoms with van der Waals surface area (Å²) in [4.78, 5) is 2.06. The molecule has 1 atom stereocenters. The molecule has 7 heteroatoms. The Hall–Kier alpha value is -2.22. The van der Waals surface area contributed by atoms with Crippen LogP contribution in [-0.2, 0) is 12.1 Å². The van der Waals surface area contributed by atoms with Crippen LogP contribution in [-0.4, -0.2) is 23.1 Å². The maximum absolute atomic E-state index is 13.9. The van der Waals surface area contributed by atoms with Gasteiger partial charge in [-0.05, 0) is 46.1 Å². The monoisotopic (exact) mass is 481 g/mol. The van der Waals surface area contributed by atoms with Gasteiger partial charge in [0.25, 0.3) is 0 Å². The molecule has 1 aliphatic rings. The Balaban J connectivity index is 0.000000239. The summed E-state index contributed by atoms with van der Waals surface area (Å²) < 4.78 is 51.9. The van der Waals surface area contributed by atoms with Crippen LogP contribution in [0, 0.1) is 23.3 Å². The number of aliphatic hydroxyl groups is 1. The Morgan fingerprint density at radius 2 is 1.47 bits per heavy atom. The summed E-state index contributed by atoms with van der Waals surface area (Å²) in [7, 11) is 0. The number of rotatable bonds is 3. The van der Waals surface area contributed by atoms with Crippen molar-refractivity contribution in [3.05, 3.63) is 106 Å². The Kier molecular flexibility index (Phi) is 7.28. The van der Waals surface area contributed by atoms with E-state index in [0.717, 1.165) is 17.7 Å². The number of nitrogens with zero attached hydrogens (tertiary/aromatic N) is 1. The van der Waals surface area contributed by atoms with E-state index in [-0.39, 0.29) is 10.0 Å². The van der Waals surface area contributed by atoms with Gasteiger partial charge in [0.2, 0.25) is 0 Å². The van der Waals surface area contributed by atoms with Gasteiger partial charge in [-0.3, -0.25) is 4.90 Å². The van der Waals surface area contributed by atoms with Crippen LogP contribution < -0.4 is 0 Å². The summed E-state index contributed by atoms with van der Waals surface area (Å²) >= 11 is 2.83. The molecule has 1 fully saturated rings. The lowest BCUT2D eigenvalue weighted by atomic mass is 9.92. The van der Waals surface area contributed by atoms with E-state index in [2.05, 4.69) is 20.8 Å². The fraction of sp³-hybridized carbons (Fsp3) is 0.217. The third-order valence-corrected chi connectivity index (χ3v) is 5.55. The number of hydrogen-bond acceptors (Lipinski definition) is 2. The van der Waals surface area contributed by atoms with Gasteiger partial charge in [0.15, 0.2) is 23.3 Å². The molecule has 1 heterocycles. The van der Waals surface area contributed by atoms with Crippen LogP contribution in [0.15, 0.2) is 71.2 Å². The van der Waals surface area contributed by atoms with Gasteiger partial charge < -0.3 is 5.11 Å². The van der Waals surface area contributed by atoms with Crippen molar-refractivity contribution < 1.29 is 22.7 Å². The van der Waals surface area contributed by atoms with Crippen LogP contribution in [0.4, 0.5) is 17.6 Å². The smallest absolute Gasteiger partial charge is 0.172 e. The molecule has 1 saturated heterocycles. The second kappa shape index (κ2) is 9.73. The predicted molar refractivity (Wildman–Crippen MR) is 111 cm³/mol. The Bertz CT molecular complexity index is 981. The van der Waals surface area contributed by atoms with Gasteiger partial charge in [0.05, 0.1) is 4.47 Å². The van der Waals surface area contributed by atoms with Crippen molar-refractivity contribution in [3.63, 3.8) is 0 Å². The largest absolute Gasteiger partial charge is 0.384 e. The van der Waals surface area contributed by atoms with Crippen LogP contribution in [0.5, 0.6) is 0 Å². The van der Waals surface area contributed by atoms with E-state index < -0.39 is 28.9 Å². The summed E-state index contributed by atoms with van der Waals surface area (Å²) in [5.74, 6) is -3.52. The summed E-state index contributed by atoms with van der Waals surface area (Å²) in [6.07, 6.45) is 0.403. The minimum absolute atomic E-state index is 0.0538. The standard InChI is InChI=1S/C17H17F2NO.C6H3BrF2/c18-15-8-4-7-14(16(15)19)17(21)9-10-20(12-17)11-13-5-2-1-3-6-13;7-4-2-1-3-5(8)6(4)9/h1-8,21H,9-12H2;1-3H. The number of likely N-dealkylation sites (tertiary alicyclic amines) is 1. The lowest BCUT2D eigenvalue weighted by molar-refractivity contribution is 0.0410. The summed E-state index contributed by atoms with van der Waals surface area (Å²) in [6, 6.07) is 17.8. The molecule has 4 rings (SSSR count). The molecule has 158 valence electrons. The molecule has 0 radical (unpaired) electrons. The molecule has 0 bridgehead atoms. The second-order valence-corrected chi connectivity index (χ2v) is 7.97. The highest BCUT2D eigenvalue weighted by molar-refractivity contribution is 9.10. The van der Waals surface area contributed by atoms with Crippen molar-refractivity contribution in [2.24, 2.45) is 0 Å². The van der Waals surface area contributed by atoms with Crippen LogP contribution in [0.3, 0.4) is 0 Å². The van der Waals surface area contributed by atoms with Crippen molar-refractivity contribution in [1.82, 2.24) is 4.90 Å². The minimum Gasteiger partial charge on any atom is -0.384 e. The molecule has 0 aliphatic carbocycles. The topological polar surface area (TPSA) is 23.5 Å². The highest BCUT2D eigenvalue weighted by Crippen LogP contribution is 2.34. The third kappa shape index (κ3) is 5.28. The number of β-amino-alcohol motifs (C(OH)–C–C–N with tert-alkyl or cyclic N) is 1. The van der Waals surface area contributed by atoms with Gasteiger partial charge in [-0.25, -0.2) is 17.6 Å². The van der Waals surface area contributed by atoms with Gasteiger partial charge in [0, 0.05) is 25.2 Å². The van der Waals surface area contributed by atoms with Crippen molar-refractivity contribution >= 4 is 15.9 Å². The fourth-order valence-corrected chi connectivity index (χ4v) is 3.75. The summed E-state index contributed by atoms with van der Waals surface area (Å²) in [5.41, 5.74) is -0.124. The summed E-state index contributed by atoms with van der Waals surface area (Å²) in [5, 5.41) is 10.7. The van der Waals surface area contributed by atoms with Gasteiger partial charge in [-0.2, -0.15) is 0 Å². The molecular formula is C23H20BrF4NO. The molecule has 0 aromatic heterocycles. The number of halogens is 5. The fourth-order valence-electron chi connectivity index (χ4n) is 3.41. The van der Waals surface area contributed by atoms with Gasteiger partial charge in [0.1, 0.15) is 5.60 Å². The zero-order valence-corrected chi connectivity index (χ0v) is 17.5. The van der Waals surface area contributed by atoms with Gasteiger partial charge in [-0.1, -0.05) is 48.5 Å². The van der Waals surface area contributed by atoms with E-state index in [1.807, 2.05) is 30.3 Å². The van der Waals surface area contributed by atoms with Gasteiger partial charge in [-0.15, -0.1) is 0 Å². The predicted octanol–water partition coefficient (Wildman–Crippen LogP) is 5.79. The Labute approximate surface area is 180 Å². The number of benzene rings is 3. The van der Waals surface area contributed by atoms with E-state index in [0.29, 0.717) is 26.1 Å². The number of hydrogen-bond donors (Lipinski definition) is 1. The quantitative estimate of drug-likeness (QED) is 0.378. The average Bonchev–Trinajstić information content (AvgIpc) is 3.11. The lowest BCUT2D eigenvalue weighted by Gasteiger charge is -2.24. The third-order valence-electron chi connectivity index (χ3n) is 4.93. The minimum atomic E-state index is -1.32. The van der Waals surface area contributed by atoms with E-state index in [9.17, 15) is 22.7 Å². The molecular weight excluding hydrogens is 462 g/mol. The molecule has 3 aromatic rings. The lowest BCUT2D eigenvalue weighted by Crippen LogP contribution is -2.31. The van der Waals surface area contributed by atoms with Crippen LogP contribution in [0.2, 0.25) is 0 Å². The zero-order chi connectivity index (χ0) is 21.7. The van der Waals surface area contributed by atoms with Crippen molar-refractivity contribution in [1.29, 1.82) is 0 Å². The van der Waals surface area contributed by atoms with E-state index >= 15 is 0 Å². The maximum atomic E-state index is 13.9. The van der Waals surface area contributed by atoms with E-state index in [1.165, 1.54) is 24.3 Å². The van der Waals surface area contributed by atoms with Crippen LogP contribution in [0.25, 0.3) is 0 Å². The molecule has 0 spiro atoms. The summed E-state index contributed by atoms with van der Waals surface area (Å²) in [6.45, 7) is 1.66. The van der Waals surface area contributed by atoms with Gasteiger partial charge >= 0.3 is 0 Å². The molecule has 2 nitrogen and oxygen atoms in total. The molecule has 0 amide bonds. The van der Waals surface area contributed by atoms with Crippen molar-refractivity contribution in [2.45, 2.75) is 18.6 Å². The zero-order valence-electron chi connectivity index (χ0n) is 16.0. The highest BCUT2D eigenvalue weighted by atomic mass is 79.9. The molecule has 1 N–H and O–H groups in total. The van der Waals surface area contributed by atoms with E-state index in [4.69, 9.17) is 0 Å². The first-order chi connectivity index (χ1) is 14.3. The van der Waals surface area contributed by atoms with Crippen LogP contribution in [0.1, 0.15) is 17.5 Å². The molecule has 3 aromatic carbocycles. The first kappa shape index (κ1) is 22.5. The first-order valence-electron chi connectivity index (χ1n) is 9.33. The Morgan fingerprint density at radius 1 is 0.833 bits per heavy atom. The van der Waals surface area contributed by atoms with Crippen molar-refractivity contribution in [2.75, 3.05) is 13.1 Å². The SMILES string of the molecule is Fc1cccc(Br)c1F.OC1(c2cccc(F)c2F)CCN(Cc2ccccc2)C1.